The van der Waals surface area contributed by atoms with Gasteiger partial charge in [0.15, 0.2) is 0 Å². The van der Waals surface area contributed by atoms with E-state index in [1.54, 1.807) is 18.2 Å². The molecule has 0 amide bonds. The van der Waals surface area contributed by atoms with Crippen LogP contribution in [0.5, 0.6) is 0 Å². The first-order valence-corrected chi connectivity index (χ1v) is 5.47. The van der Waals surface area contributed by atoms with Crippen LogP contribution in [0.15, 0.2) is 30.8 Å². The van der Waals surface area contributed by atoms with Crippen LogP contribution >= 0.6 is 0 Å². The predicted octanol–water partition coefficient (Wildman–Crippen LogP) is 2.64. The highest BCUT2D eigenvalue weighted by atomic mass is 16.5. The smallest absolute Gasteiger partial charge is 0.337 e. The lowest BCUT2D eigenvalue weighted by Gasteiger charge is -2.07. The van der Waals surface area contributed by atoms with Crippen molar-refractivity contribution in [1.29, 1.82) is 0 Å². The average molecular weight is 242 g/mol. The second-order valence-corrected chi connectivity index (χ2v) is 4.10. The first-order valence-electron chi connectivity index (χ1n) is 5.47. The van der Waals surface area contributed by atoms with Crippen molar-refractivity contribution in [3.63, 3.8) is 0 Å². The van der Waals surface area contributed by atoms with Crippen molar-refractivity contribution in [2.24, 2.45) is 0 Å². The van der Waals surface area contributed by atoms with Gasteiger partial charge in [-0.1, -0.05) is 6.58 Å². The second kappa shape index (κ2) is 4.49. The van der Waals surface area contributed by atoms with Crippen LogP contribution in [0.4, 0.5) is 5.82 Å². The summed E-state index contributed by atoms with van der Waals surface area (Å²) in [4.78, 5) is 15.7. The molecule has 0 fully saturated rings. The van der Waals surface area contributed by atoms with Gasteiger partial charge in [0.25, 0.3) is 0 Å². The van der Waals surface area contributed by atoms with Gasteiger partial charge in [-0.3, -0.25) is 0 Å². The number of nitrogens with zero attached hydrogens (tertiary/aromatic N) is 1. The molecule has 2 N–H and O–H groups in total. The first-order chi connectivity index (χ1) is 8.52. The van der Waals surface area contributed by atoms with Gasteiger partial charge in [0.05, 0.1) is 18.2 Å². The Morgan fingerprint density at radius 3 is 2.72 bits per heavy atom. The fraction of sp³-hybridized carbons (Fsp3) is 0.143. The molecule has 4 nitrogen and oxygen atoms in total. The van der Waals surface area contributed by atoms with Crippen LogP contribution < -0.4 is 5.73 Å². The zero-order valence-corrected chi connectivity index (χ0v) is 10.4. The number of esters is 1. The molecule has 92 valence electrons. The van der Waals surface area contributed by atoms with Crippen molar-refractivity contribution in [2.75, 3.05) is 12.8 Å². The Balaban J connectivity index is 2.65. The standard InChI is InChI=1S/C14H14N2O2/c1-8(2)11-7-10-6-9(14(17)18-3)4-5-12(10)16-13(11)15/h4-7H,1H2,2-3H3,(H2,15,16). The van der Waals surface area contributed by atoms with Crippen molar-refractivity contribution in [2.45, 2.75) is 6.92 Å². The number of hydrogen-bond donors (Lipinski definition) is 1. The molecule has 2 aromatic rings. The minimum Gasteiger partial charge on any atom is -0.465 e. The fourth-order valence-electron chi connectivity index (χ4n) is 1.78. The van der Waals surface area contributed by atoms with E-state index in [2.05, 4.69) is 16.3 Å². The van der Waals surface area contributed by atoms with E-state index in [1.807, 2.05) is 13.0 Å². The Hall–Kier alpha value is -2.36. The number of nitrogen functional groups attached to an aromatic ring is 1. The minimum atomic E-state index is -0.370. The van der Waals surface area contributed by atoms with Crippen LogP contribution in [0, 0.1) is 0 Å². The number of fused-ring (bicyclic) bond motifs is 1. The number of rotatable bonds is 2. The number of carbonyl (C=O) groups is 1. The SMILES string of the molecule is C=C(C)c1cc2cc(C(=O)OC)ccc2nc1N. The quantitative estimate of drug-likeness (QED) is 0.822. The van der Waals surface area contributed by atoms with Gasteiger partial charge in [-0.2, -0.15) is 0 Å². The van der Waals surface area contributed by atoms with Gasteiger partial charge in [-0.15, -0.1) is 0 Å². The van der Waals surface area contributed by atoms with Gasteiger partial charge in [0, 0.05) is 10.9 Å². The monoisotopic (exact) mass is 242 g/mol. The highest BCUT2D eigenvalue weighted by molar-refractivity contribution is 5.95. The lowest BCUT2D eigenvalue weighted by Crippen LogP contribution is -2.02. The number of nitrogens with two attached hydrogens (primary N) is 1. The van der Waals surface area contributed by atoms with E-state index >= 15 is 0 Å². The molecule has 1 heterocycles. The molecule has 1 aromatic carbocycles. The maximum atomic E-state index is 11.5. The van der Waals surface area contributed by atoms with Gasteiger partial charge in [-0.25, -0.2) is 9.78 Å². The van der Waals surface area contributed by atoms with E-state index in [1.165, 1.54) is 7.11 Å². The van der Waals surface area contributed by atoms with Crippen LogP contribution in [-0.4, -0.2) is 18.1 Å². The summed E-state index contributed by atoms with van der Waals surface area (Å²) in [6.07, 6.45) is 0. The molecule has 2 rings (SSSR count). The Kier molecular flexibility index (Phi) is 3.02. The molecule has 18 heavy (non-hydrogen) atoms. The Morgan fingerprint density at radius 1 is 1.39 bits per heavy atom. The molecule has 0 atom stereocenters. The van der Waals surface area contributed by atoms with Crippen LogP contribution in [0.3, 0.4) is 0 Å². The van der Waals surface area contributed by atoms with Crippen molar-refractivity contribution < 1.29 is 9.53 Å². The molecule has 0 aliphatic rings. The summed E-state index contributed by atoms with van der Waals surface area (Å²) in [6, 6.07) is 7.04. The van der Waals surface area contributed by atoms with E-state index in [-0.39, 0.29) is 5.97 Å². The van der Waals surface area contributed by atoms with Gasteiger partial charge in [0.1, 0.15) is 5.82 Å². The first kappa shape index (κ1) is 12.1. The third-order valence-corrected chi connectivity index (χ3v) is 2.73. The lowest BCUT2D eigenvalue weighted by molar-refractivity contribution is 0.0601. The molecule has 0 unspecified atom stereocenters. The summed E-state index contributed by atoms with van der Waals surface area (Å²) in [5, 5.41) is 0.838. The molecule has 0 bridgehead atoms. The number of ether oxygens (including phenoxy) is 1. The maximum Gasteiger partial charge on any atom is 0.337 e. The van der Waals surface area contributed by atoms with Crippen LogP contribution in [0.1, 0.15) is 22.8 Å². The Bertz CT molecular complexity index is 648. The second-order valence-electron chi connectivity index (χ2n) is 4.10. The van der Waals surface area contributed by atoms with Crippen LogP contribution in [-0.2, 0) is 4.74 Å². The van der Waals surface area contributed by atoms with E-state index in [0.29, 0.717) is 11.4 Å². The van der Waals surface area contributed by atoms with Gasteiger partial charge < -0.3 is 10.5 Å². The molecule has 0 radical (unpaired) electrons. The number of aromatic nitrogens is 1. The normalized spacial score (nSPS) is 10.3. The van der Waals surface area contributed by atoms with Crippen molar-refractivity contribution in [3.05, 3.63) is 42.0 Å². The third kappa shape index (κ3) is 2.05. The fourth-order valence-corrected chi connectivity index (χ4v) is 1.78. The molecule has 4 heteroatoms. The number of carbonyl (C=O) groups excluding carboxylic acids is 1. The van der Waals surface area contributed by atoms with Gasteiger partial charge in [0.2, 0.25) is 0 Å². The topological polar surface area (TPSA) is 65.2 Å². The summed E-state index contributed by atoms with van der Waals surface area (Å²) in [6.45, 7) is 5.72. The number of pyridine rings is 1. The van der Waals surface area contributed by atoms with E-state index in [0.717, 1.165) is 22.0 Å². The number of benzene rings is 1. The van der Waals surface area contributed by atoms with Crippen molar-refractivity contribution in [3.8, 4) is 0 Å². The maximum absolute atomic E-state index is 11.5. The summed E-state index contributed by atoms with van der Waals surface area (Å²) < 4.78 is 4.69. The third-order valence-electron chi connectivity index (χ3n) is 2.73. The average Bonchev–Trinajstić information content (AvgIpc) is 2.36. The summed E-state index contributed by atoms with van der Waals surface area (Å²) in [7, 11) is 1.35. The molecule has 0 spiro atoms. The number of allylic oxidation sites excluding steroid dienone is 1. The molecular weight excluding hydrogens is 228 g/mol. The summed E-state index contributed by atoms with van der Waals surface area (Å²) in [5.74, 6) is 0.0754. The van der Waals surface area contributed by atoms with Crippen LogP contribution in [0.2, 0.25) is 0 Å². The molecule has 0 saturated heterocycles. The molecule has 0 aliphatic heterocycles. The molecule has 1 aromatic heterocycles. The molecular formula is C14H14N2O2. The highest BCUT2D eigenvalue weighted by Gasteiger charge is 2.09. The van der Waals surface area contributed by atoms with Gasteiger partial charge in [-0.05, 0) is 36.8 Å². The van der Waals surface area contributed by atoms with Crippen LogP contribution in [0.25, 0.3) is 16.5 Å². The lowest BCUT2D eigenvalue weighted by atomic mass is 10.1. The zero-order valence-electron chi connectivity index (χ0n) is 10.4. The van der Waals surface area contributed by atoms with E-state index in [9.17, 15) is 4.79 Å². The Labute approximate surface area is 105 Å². The number of methoxy groups -OCH3 is 1. The minimum absolute atomic E-state index is 0.370. The highest BCUT2D eigenvalue weighted by Crippen LogP contribution is 2.24. The molecule has 0 saturated carbocycles. The zero-order chi connectivity index (χ0) is 13.3. The number of hydrogen-bond acceptors (Lipinski definition) is 4. The number of anilines is 1. The van der Waals surface area contributed by atoms with E-state index < -0.39 is 0 Å². The summed E-state index contributed by atoms with van der Waals surface area (Å²) in [5.41, 5.74) is 8.71. The Morgan fingerprint density at radius 2 is 2.11 bits per heavy atom. The predicted molar refractivity (Wildman–Crippen MR) is 72.2 cm³/mol. The van der Waals surface area contributed by atoms with Gasteiger partial charge >= 0.3 is 5.97 Å². The largest absolute Gasteiger partial charge is 0.465 e. The molecule has 0 aliphatic carbocycles. The summed E-state index contributed by atoms with van der Waals surface area (Å²) >= 11 is 0. The van der Waals surface area contributed by atoms with Crippen molar-refractivity contribution >= 4 is 28.3 Å². The van der Waals surface area contributed by atoms with E-state index in [4.69, 9.17) is 5.73 Å². The van der Waals surface area contributed by atoms with Crippen molar-refractivity contribution in [1.82, 2.24) is 4.98 Å².